The van der Waals surface area contributed by atoms with E-state index in [2.05, 4.69) is 10.5 Å². The van der Waals surface area contributed by atoms with Crippen molar-refractivity contribution in [2.45, 2.75) is 6.18 Å². The fourth-order valence-electron chi connectivity index (χ4n) is 1.93. The number of benzene rings is 2. The van der Waals surface area contributed by atoms with Crippen LogP contribution in [0.25, 0.3) is 6.08 Å². The van der Waals surface area contributed by atoms with E-state index in [1.165, 1.54) is 24.4 Å². The minimum absolute atomic E-state index is 0.0954. The topological polar surface area (TPSA) is 33.6 Å². The average molecular weight is 320 g/mol. The maximum atomic E-state index is 12.8. The van der Waals surface area contributed by atoms with E-state index in [9.17, 15) is 13.2 Å². The van der Waals surface area contributed by atoms with Crippen molar-refractivity contribution in [1.82, 2.24) is 0 Å². The van der Waals surface area contributed by atoms with Crippen LogP contribution in [0.1, 0.15) is 11.1 Å². The van der Waals surface area contributed by atoms with Gasteiger partial charge in [-0.25, -0.2) is 0 Å². The highest BCUT2D eigenvalue weighted by Gasteiger charge is 2.33. The van der Waals surface area contributed by atoms with Gasteiger partial charge in [0, 0.05) is 11.8 Å². The molecule has 0 saturated heterocycles. The fourth-order valence-corrected chi connectivity index (χ4v) is 1.93. The van der Waals surface area contributed by atoms with Crippen LogP contribution in [0.5, 0.6) is 5.75 Å². The molecule has 0 aliphatic rings. The van der Waals surface area contributed by atoms with E-state index < -0.39 is 11.7 Å². The quantitative estimate of drug-likeness (QED) is 0.632. The van der Waals surface area contributed by atoms with Gasteiger partial charge in [0.25, 0.3) is 0 Å². The number of methoxy groups -OCH3 is 1. The molecule has 0 saturated carbocycles. The summed E-state index contributed by atoms with van der Waals surface area (Å²) in [6, 6.07) is 12.5. The van der Waals surface area contributed by atoms with Crippen molar-refractivity contribution in [1.29, 1.82) is 0 Å². The standard InChI is InChI=1S/C17H15F3N2O/c1-23-16-11-5-2-7-13(16)8-6-12-21-22-15-10-4-3-9-14(15)17(18,19)20/h2-12,22H,1H3/b8-6+,21-12+. The number of anilines is 1. The minimum Gasteiger partial charge on any atom is -0.496 e. The molecule has 2 aromatic rings. The monoisotopic (exact) mass is 320 g/mol. The van der Waals surface area contributed by atoms with Crippen LogP contribution in [0.2, 0.25) is 0 Å². The first-order valence-corrected chi connectivity index (χ1v) is 6.77. The molecule has 0 aromatic heterocycles. The molecule has 3 nitrogen and oxygen atoms in total. The van der Waals surface area contributed by atoms with Crippen LogP contribution in [0.15, 0.2) is 59.7 Å². The van der Waals surface area contributed by atoms with Gasteiger partial charge in [-0.05, 0) is 30.4 Å². The fraction of sp³-hybridized carbons (Fsp3) is 0.118. The Morgan fingerprint density at radius 3 is 2.48 bits per heavy atom. The van der Waals surface area contributed by atoms with Crippen LogP contribution in [0, 0.1) is 0 Å². The molecule has 23 heavy (non-hydrogen) atoms. The van der Waals surface area contributed by atoms with Crippen LogP contribution >= 0.6 is 0 Å². The average Bonchev–Trinajstić information content (AvgIpc) is 2.54. The predicted molar refractivity (Wildman–Crippen MR) is 85.6 cm³/mol. The highest BCUT2D eigenvalue weighted by molar-refractivity contribution is 5.80. The molecule has 1 N–H and O–H groups in total. The maximum absolute atomic E-state index is 12.8. The van der Waals surface area contributed by atoms with Gasteiger partial charge in [0.2, 0.25) is 0 Å². The van der Waals surface area contributed by atoms with Crippen LogP contribution in [-0.4, -0.2) is 13.3 Å². The lowest BCUT2D eigenvalue weighted by molar-refractivity contribution is -0.136. The van der Waals surface area contributed by atoms with E-state index in [0.717, 1.165) is 11.6 Å². The number of ether oxygens (including phenoxy) is 1. The number of rotatable bonds is 5. The third-order valence-corrected chi connectivity index (χ3v) is 2.99. The molecule has 0 heterocycles. The van der Waals surface area contributed by atoms with Crippen molar-refractivity contribution < 1.29 is 17.9 Å². The molecule has 0 amide bonds. The van der Waals surface area contributed by atoms with Crippen LogP contribution in [0.4, 0.5) is 18.9 Å². The zero-order valence-electron chi connectivity index (χ0n) is 12.3. The SMILES string of the molecule is COc1ccccc1/C=C/C=N/Nc1ccccc1C(F)(F)F. The number of hydrogen-bond donors (Lipinski definition) is 1. The van der Waals surface area contributed by atoms with E-state index in [-0.39, 0.29) is 5.69 Å². The molecule has 0 atom stereocenters. The Morgan fingerprint density at radius 2 is 1.74 bits per heavy atom. The molecule has 120 valence electrons. The van der Waals surface area contributed by atoms with Gasteiger partial charge in [0.05, 0.1) is 18.4 Å². The van der Waals surface area contributed by atoms with Gasteiger partial charge >= 0.3 is 6.18 Å². The van der Waals surface area contributed by atoms with Crippen molar-refractivity contribution in [2.75, 3.05) is 12.5 Å². The molecule has 0 radical (unpaired) electrons. The first-order valence-electron chi connectivity index (χ1n) is 6.77. The summed E-state index contributed by atoms with van der Waals surface area (Å²) in [5.74, 6) is 0.701. The van der Waals surface area contributed by atoms with Crippen molar-refractivity contribution in [3.63, 3.8) is 0 Å². The number of alkyl halides is 3. The third kappa shape index (κ3) is 4.60. The molecule has 2 aromatic carbocycles. The summed E-state index contributed by atoms with van der Waals surface area (Å²) in [7, 11) is 1.57. The number of nitrogens with zero attached hydrogens (tertiary/aromatic N) is 1. The summed E-state index contributed by atoms with van der Waals surface area (Å²) in [4.78, 5) is 0. The Kier molecular flexibility index (Phi) is 5.41. The van der Waals surface area contributed by atoms with E-state index in [4.69, 9.17) is 4.74 Å². The number of hydrogen-bond acceptors (Lipinski definition) is 3. The highest BCUT2D eigenvalue weighted by atomic mass is 19.4. The Hall–Kier alpha value is -2.76. The predicted octanol–water partition coefficient (Wildman–Crippen LogP) is 4.83. The number of halogens is 3. The van der Waals surface area contributed by atoms with Crippen LogP contribution in [0.3, 0.4) is 0 Å². The summed E-state index contributed by atoms with van der Waals surface area (Å²) in [5, 5.41) is 3.78. The molecule has 0 aliphatic heterocycles. The normalized spacial score (nSPS) is 12.0. The molecular weight excluding hydrogens is 305 g/mol. The van der Waals surface area contributed by atoms with Gasteiger partial charge in [0.15, 0.2) is 0 Å². The molecule has 0 aliphatic carbocycles. The van der Waals surface area contributed by atoms with E-state index in [1.807, 2.05) is 24.3 Å². The number of hydrazone groups is 1. The first-order chi connectivity index (χ1) is 11.0. The lowest BCUT2D eigenvalue weighted by atomic mass is 10.2. The maximum Gasteiger partial charge on any atom is 0.418 e. The molecule has 0 spiro atoms. The second-order valence-electron chi connectivity index (χ2n) is 4.53. The third-order valence-electron chi connectivity index (χ3n) is 2.99. The van der Waals surface area contributed by atoms with Crippen molar-refractivity contribution in [2.24, 2.45) is 5.10 Å². The van der Waals surface area contributed by atoms with E-state index in [0.29, 0.717) is 5.75 Å². The lowest BCUT2D eigenvalue weighted by Crippen LogP contribution is -2.08. The van der Waals surface area contributed by atoms with Crippen LogP contribution < -0.4 is 10.2 Å². The minimum atomic E-state index is -4.42. The highest BCUT2D eigenvalue weighted by Crippen LogP contribution is 2.34. The number of para-hydroxylation sites is 2. The van der Waals surface area contributed by atoms with Gasteiger partial charge in [-0.15, -0.1) is 0 Å². The summed E-state index contributed by atoms with van der Waals surface area (Å²) >= 11 is 0. The summed E-state index contributed by atoms with van der Waals surface area (Å²) in [6.45, 7) is 0. The summed E-state index contributed by atoms with van der Waals surface area (Å²) in [5.41, 5.74) is 2.39. The smallest absolute Gasteiger partial charge is 0.418 e. The molecule has 0 fully saturated rings. The first kappa shape index (κ1) is 16.6. The van der Waals surface area contributed by atoms with Crippen molar-refractivity contribution >= 4 is 18.0 Å². The van der Waals surface area contributed by atoms with Crippen molar-refractivity contribution in [3.05, 3.63) is 65.7 Å². The van der Waals surface area contributed by atoms with Crippen molar-refractivity contribution in [3.8, 4) is 5.75 Å². The second kappa shape index (κ2) is 7.49. The molecule has 0 unspecified atom stereocenters. The Morgan fingerprint density at radius 1 is 1.04 bits per heavy atom. The van der Waals surface area contributed by atoms with Gasteiger partial charge in [0.1, 0.15) is 5.75 Å². The Bertz CT molecular complexity index is 709. The van der Waals surface area contributed by atoms with Gasteiger partial charge in [-0.2, -0.15) is 18.3 Å². The van der Waals surface area contributed by atoms with E-state index in [1.54, 1.807) is 19.3 Å². The lowest BCUT2D eigenvalue weighted by Gasteiger charge is -2.11. The summed E-state index contributed by atoms with van der Waals surface area (Å²) in [6.07, 6.45) is 0.312. The molecule has 0 bridgehead atoms. The second-order valence-corrected chi connectivity index (χ2v) is 4.53. The van der Waals surface area contributed by atoms with E-state index >= 15 is 0 Å². The van der Waals surface area contributed by atoms with Crippen LogP contribution in [-0.2, 0) is 6.18 Å². The number of nitrogens with one attached hydrogen (secondary N) is 1. The zero-order valence-corrected chi connectivity index (χ0v) is 12.3. The largest absolute Gasteiger partial charge is 0.496 e. The zero-order chi connectivity index (χ0) is 16.7. The molecular formula is C17H15F3N2O. The van der Waals surface area contributed by atoms with Gasteiger partial charge in [-0.3, -0.25) is 5.43 Å². The summed E-state index contributed by atoms with van der Waals surface area (Å²) < 4.78 is 43.6. The Labute approximate surface area is 132 Å². The van der Waals surface area contributed by atoms with Gasteiger partial charge in [-0.1, -0.05) is 30.3 Å². The number of allylic oxidation sites excluding steroid dienone is 1. The van der Waals surface area contributed by atoms with Gasteiger partial charge < -0.3 is 4.74 Å². The Balaban J connectivity index is 2.04. The molecule has 2 rings (SSSR count). The molecule has 6 heteroatoms.